The molecule has 0 amide bonds. The van der Waals surface area contributed by atoms with E-state index in [1.54, 1.807) is 44.7 Å². The molecule has 90 heavy (non-hydrogen) atoms. The molecule has 0 unspecified atom stereocenters. The molecular formula is C71H121NO17S. The van der Waals surface area contributed by atoms with E-state index in [9.17, 15) is 18.0 Å². The molecule has 0 aromatic rings. The highest BCUT2D eigenvalue weighted by molar-refractivity contribution is 7.84. The van der Waals surface area contributed by atoms with Crippen molar-refractivity contribution >= 4 is 22.2 Å². The van der Waals surface area contributed by atoms with E-state index in [2.05, 4.69) is 128 Å². The van der Waals surface area contributed by atoms with E-state index in [1.807, 2.05) is 39.8 Å². The fourth-order valence-corrected chi connectivity index (χ4v) is 10.5. The largest absolute Gasteiger partial charge is 0.460 e. The van der Waals surface area contributed by atoms with E-state index >= 15 is 0 Å². The first-order valence-corrected chi connectivity index (χ1v) is 31.4. The Labute approximate surface area is 545 Å². The molecule has 18 nitrogen and oxygen atoms in total. The number of hydrogen-bond acceptors (Lipinski definition) is 17. The van der Waals surface area contributed by atoms with Crippen LogP contribution in [-0.4, -0.2) is 118 Å². The van der Waals surface area contributed by atoms with Crippen molar-refractivity contribution in [1.82, 2.24) is 4.89 Å². The van der Waals surface area contributed by atoms with Gasteiger partial charge in [-0.1, -0.05) is 192 Å². The zero-order chi connectivity index (χ0) is 61.0. The number of fused-ring (bicyclic) bond motifs is 6. The normalized spacial score (nSPS) is 26.9. The standard InChI is InChI=1S/C33H49NO10S.C32H48O7.6CH4/c1-6-7-8-9-10-11-12-13-14-15-16-17-18-19-20-21-22-23-24-28(35)43-34-45(36,37)39-26-33-30(42-32(4,5)44-33)29-27(25-38-33)40-31(2,3)41-29;1-6-7-8-9-10-11-12-13-14-15-16-17-18-19-20-21-22-23-27(33)34-25-32-29(38-31(4,5)39-32)28-26(24-35-32)36-30(2,3)37-28;;;;;;/h7-8,10-11,13-14,16-17,19-20,22-23,27,29-30,34H,6,9,12,15,18,21,24-26H2,1-5H3;7-8,10-11,13-14,16-17,19-20,26,28-29H,6,9,12,15,18,21-25H2,1-5H3;6*1H4/b8-7-,11-10-,14-13-,17-16-,20-19-,23-22-;8-7-,11-10-,14-13-,17-16-,20-19-;;;;;;/t27-,29-,30+,33+;26-,28-,29+,32+;;;;;;/m11....../s1. The Morgan fingerprint density at radius 2 is 0.789 bits per heavy atom. The molecule has 518 valence electrons. The molecule has 0 bridgehead atoms. The van der Waals surface area contributed by atoms with E-state index in [-0.39, 0.29) is 89.0 Å². The number of allylic oxidation sites excluding steroid dienone is 21. The smallest absolute Gasteiger partial charge is 0.367 e. The van der Waals surface area contributed by atoms with E-state index in [4.69, 9.17) is 56.3 Å². The summed E-state index contributed by atoms with van der Waals surface area (Å²) >= 11 is 0. The van der Waals surface area contributed by atoms with Gasteiger partial charge in [0.05, 0.1) is 19.6 Å². The first kappa shape index (κ1) is 87.6. The average Bonchev–Trinajstić information content (AvgIpc) is 1.58. The lowest BCUT2D eigenvalue weighted by Gasteiger charge is -2.40. The number of carbonyl (C=O) groups is 2. The summed E-state index contributed by atoms with van der Waals surface area (Å²) in [6.07, 6.45) is 55.4. The summed E-state index contributed by atoms with van der Waals surface area (Å²) in [5.74, 6) is -7.43. The summed E-state index contributed by atoms with van der Waals surface area (Å²) in [7, 11) is -4.50. The molecule has 1 N–H and O–H groups in total. The SMILES string of the molecule is C.C.C.C.C.C.CC/C=C\C/C=C\C/C=C\C/C=C\C/C=C\C/C=C\CC(=O)ONS(=O)(=O)OC[C@@]12OC[C@H]3OC(C)(C)O[C@H]3[C@@H]1OC(C)(C)O2.CC/C=C\C/C=C\C/C=C\C/C=C\C/C=C\CCCC(=O)OC[C@@]12OC[C@H]3OC(C)(C)O[C@H]3[C@@H]1OC(C)(C)O2. The van der Waals surface area contributed by atoms with Crippen LogP contribution < -0.4 is 4.89 Å². The molecule has 6 aliphatic heterocycles. The van der Waals surface area contributed by atoms with Crippen LogP contribution in [0.4, 0.5) is 0 Å². The molecule has 6 fully saturated rings. The number of esters is 1. The maximum Gasteiger partial charge on any atom is 0.367 e. The number of carbonyl (C=O) groups excluding carboxylic acids is 2. The minimum atomic E-state index is -4.50. The maximum atomic E-state index is 12.4. The van der Waals surface area contributed by atoms with E-state index in [0.717, 1.165) is 77.0 Å². The number of nitrogens with one attached hydrogen (secondary N) is 1. The van der Waals surface area contributed by atoms with E-state index < -0.39 is 82.0 Å². The molecule has 0 aliphatic carbocycles. The van der Waals surface area contributed by atoms with Gasteiger partial charge in [0.15, 0.2) is 23.1 Å². The molecule has 6 aliphatic rings. The van der Waals surface area contributed by atoms with Crippen molar-refractivity contribution in [3.05, 3.63) is 134 Å². The highest BCUT2D eigenvalue weighted by Crippen LogP contribution is 2.49. The molecule has 19 heteroatoms. The first-order chi connectivity index (χ1) is 40.0. The van der Waals surface area contributed by atoms with Crippen LogP contribution in [0.3, 0.4) is 0 Å². The summed E-state index contributed by atoms with van der Waals surface area (Å²) in [4.78, 5) is 30.8. The number of rotatable bonds is 33. The molecule has 0 spiro atoms. The van der Waals surface area contributed by atoms with Crippen LogP contribution in [0, 0.1) is 0 Å². The Morgan fingerprint density at radius 1 is 0.444 bits per heavy atom. The van der Waals surface area contributed by atoms with Gasteiger partial charge in [-0.05, 0) is 144 Å². The number of hydrogen-bond donors (Lipinski definition) is 1. The van der Waals surface area contributed by atoms with Crippen molar-refractivity contribution in [3.63, 3.8) is 0 Å². The van der Waals surface area contributed by atoms with Crippen molar-refractivity contribution in [2.75, 3.05) is 26.4 Å². The lowest BCUT2D eigenvalue weighted by Crippen LogP contribution is -2.60. The second kappa shape index (κ2) is 43.4. The van der Waals surface area contributed by atoms with Crippen LogP contribution in [0.1, 0.15) is 210 Å². The van der Waals surface area contributed by atoms with Gasteiger partial charge in [-0.3, -0.25) is 8.98 Å². The zero-order valence-corrected chi connectivity index (χ0v) is 52.3. The van der Waals surface area contributed by atoms with Gasteiger partial charge in [0, 0.05) is 6.42 Å². The summed E-state index contributed by atoms with van der Waals surface area (Å²) in [5, 5.41) is 0. The summed E-state index contributed by atoms with van der Waals surface area (Å²) < 4.78 is 95.6. The summed E-state index contributed by atoms with van der Waals surface area (Å²) in [6.45, 7) is 18.3. The third kappa shape index (κ3) is 31.0. The number of unbranched alkanes of at least 4 members (excludes halogenated alkanes) is 1. The Kier molecular flexibility index (Phi) is 42.3. The zero-order valence-electron chi connectivity index (χ0n) is 51.4. The van der Waals surface area contributed by atoms with Crippen molar-refractivity contribution in [2.24, 2.45) is 0 Å². The Balaban J connectivity index is 0. The van der Waals surface area contributed by atoms with Crippen LogP contribution in [-0.2, 0) is 81.0 Å². The first-order valence-electron chi connectivity index (χ1n) is 29.9. The molecule has 8 atom stereocenters. The van der Waals surface area contributed by atoms with Gasteiger partial charge in [-0.25, -0.2) is 4.79 Å². The van der Waals surface area contributed by atoms with Crippen LogP contribution in [0.25, 0.3) is 0 Å². The predicted octanol–water partition coefficient (Wildman–Crippen LogP) is 16.4. The van der Waals surface area contributed by atoms with Crippen molar-refractivity contribution in [2.45, 2.75) is 281 Å². The van der Waals surface area contributed by atoms with Gasteiger partial charge in [0.25, 0.3) is 0 Å². The highest BCUT2D eigenvalue weighted by atomic mass is 32.2. The van der Waals surface area contributed by atoms with Crippen LogP contribution in [0.15, 0.2) is 134 Å². The van der Waals surface area contributed by atoms with Crippen LogP contribution >= 0.6 is 0 Å². The maximum absolute atomic E-state index is 12.4. The van der Waals surface area contributed by atoms with Crippen molar-refractivity contribution in [3.8, 4) is 0 Å². The predicted molar refractivity (Wildman–Crippen MR) is 362 cm³/mol. The molecule has 0 aromatic carbocycles. The lowest BCUT2D eigenvalue weighted by molar-refractivity contribution is -0.296. The van der Waals surface area contributed by atoms with E-state index in [0.29, 0.717) is 12.8 Å². The molecule has 0 radical (unpaired) electrons. The Bertz CT molecular complexity index is 2490. The Morgan fingerprint density at radius 3 is 1.17 bits per heavy atom. The topological polar surface area (TPSA) is 200 Å². The van der Waals surface area contributed by atoms with Gasteiger partial charge in [-0.2, -0.15) is 8.42 Å². The lowest BCUT2D eigenvalue weighted by atomic mass is 9.97. The quantitative estimate of drug-likeness (QED) is 0.0281. The van der Waals surface area contributed by atoms with Gasteiger partial charge >= 0.3 is 22.2 Å². The molecule has 0 saturated carbocycles. The second-order valence-electron chi connectivity index (χ2n) is 22.8. The number of ether oxygens (including phenoxy) is 11. The summed E-state index contributed by atoms with van der Waals surface area (Å²) in [6, 6.07) is 0. The minimum Gasteiger partial charge on any atom is -0.460 e. The summed E-state index contributed by atoms with van der Waals surface area (Å²) in [5.41, 5.74) is 0. The van der Waals surface area contributed by atoms with Crippen LogP contribution in [0.2, 0.25) is 0 Å². The van der Waals surface area contributed by atoms with Gasteiger partial charge in [0.1, 0.15) is 49.8 Å². The average molecular weight is 1290 g/mol. The third-order valence-corrected chi connectivity index (χ3v) is 14.2. The molecular weight excluding hydrogens is 1170 g/mol. The molecule has 0 aromatic heterocycles. The fraction of sp³-hybridized carbons (Fsp3) is 0.662. The van der Waals surface area contributed by atoms with Crippen molar-refractivity contribution < 1.29 is 79.1 Å². The van der Waals surface area contributed by atoms with Gasteiger partial charge < -0.3 is 56.9 Å². The fourth-order valence-electron chi connectivity index (χ4n) is 9.91. The van der Waals surface area contributed by atoms with Crippen molar-refractivity contribution in [1.29, 1.82) is 0 Å². The van der Waals surface area contributed by atoms with Crippen LogP contribution in [0.5, 0.6) is 0 Å². The monoisotopic (exact) mass is 1290 g/mol. The van der Waals surface area contributed by atoms with Gasteiger partial charge in [0.2, 0.25) is 11.6 Å². The highest BCUT2D eigenvalue weighted by Gasteiger charge is 2.67. The second-order valence-corrected chi connectivity index (χ2v) is 24.1. The third-order valence-electron chi connectivity index (χ3n) is 13.4. The molecule has 6 heterocycles. The molecule has 6 saturated heterocycles. The molecule has 6 rings (SSSR count). The van der Waals surface area contributed by atoms with Gasteiger partial charge in [-0.15, -0.1) is 0 Å². The minimum absolute atomic E-state index is 0. The van der Waals surface area contributed by atoms with E-state index in [1.165, 1.54) is 0 Å². The Hall–Kier alpha value is -4.45.